The largest absolute Gasteiger partial charge is 0.493 e. The van der Waals surface area contributed by atoms with Crippen LogP contribution in [0.3, 0.4) is 0 Å². The van der Waals surface area contributed by atoms with Crippen LogP contribution in [-0.2, 0) is 11.2 Å². The van der Waals surface area contributed by atoms with Crippen LogP contribution in [0.4, 0.5) is 0 Å². The van der Waals surface area contributed by atoms with Crippen LogP contribution in [0.15, 0.2) is 70.8 Å². The lowest BCUT2D eigenvalue weighted by Crippen LogP contribution is -2.35. The Labute approximate surface area is 202 Å². The maximum atomic E-state index is 12.6. The highest BCUT2D eigenvalue weighted by Crippen LogP contribution is 2.35. The lowest BCUT2D eigenvalue weighted by molar-refractivity contribution is -0.114. The Morgan fingerprint density at radius 2 is 1.94 bits per heavy atom. The summed E-state index contributed by atoms with van der Waals surface area (Å²) in [5, 5.41) is 15.2. The summed E-state index contributed by atoms with van der Waals surface area (Å²) in [7, 11) is 1.56. The van der Waals surface area contributed by atoms with E-state index in [2.05, 4.69) is 16.7 Å². The minimum absolute atomic E-state index is 0.0121. The topological polar surface area (TPSA) is 96.6 Å². The number of benzene rings is 2. The number of amides is 1. The first-order valence-electron chi connectivity index (χ1n) is 10.6. The Morgan fingerprint density at radius 1 is 1.18 bits per heavy atom. The Morgan fingerprint density at radius 3 is 2.68 bits per heavy atom. The summed E-state index contributed by atoms with van der Waals surface area (Å²) in [6.07, 6.45) is 3.92. The van der Waals surface area contributed by atoms with Gasteiger partial charge in [0.1, 0.15) is 19.0 Å². The van der Waals surface area contributed by atoms with Gasteiger partial charge in [-0.1, -0.05) is 24.3 Å². The van der Waals surface area contributed by atoms with Gasteiger partial charge in [-0.05, 0) is 61.0 Å². The van der Waals surface area contributed by atoms with Gasteiger partial charge in [-0.15, -0.1) is 6.58 Å². The third-order valence-corrected chi connectivity index (χ3v) is 5.77. The van der Waals surface area contributed by atoms with Gasteiger partial charge in [-0.2, -0.15) is 15.1 Å². The van der Waals surface area contributed by atoms with Crippen LogP contribution < -0.4 is 14.2 Å². The summed E-state index contributed by atoms with van der Waals surface area (Å²) in [6, 6.07) is 13.2. The van der Waals surface area contributed by atoms with Crippen molar-refractivity contribution < 1.29 is 19.0 Å². The molecule has 4 rings (SSSR count). The molecule has 0 bridgehead atoms. The predicted molar refractivity (Wildman–Crippen MR) is 135 cm³/mol. The molecule has 1 amide bonds. The molecule has 0 spiro atoms. The van der Waals surface area contributed by atoms with Crippen LogP contribution in [0.5, 0.6) is 17.2 Å². The molecule has 2 aliphatic heterocycles. The van der Waals surface area contributed by atoms with E-state index in [1.54, 1.807) is 25.3 Å². The number of carbonyl (C=O) groups is 1. The van der Waals surface area contributed by atoms with Gasteiger partial charge >= 0.3 is 0 Å². The van der Waals surface area contributed by atoms with Crippen molar-refractivity contribution in [1.82, 2.24) is 5.01 Å². The van der Waals surface area contributed by atoms with Crippen LogP contribution in [-0.4, -0.2) is 47.3 Å². The number of fused-ring (bicyclic) bond motifs is 1. The normalized spacial score (nSPS) is 16.2. The third-order valence-electron chi connectivity index (χ3n) is 4.95. The molecule has 0 fully saturated rings. The molecule has 0 saturated carbocycles. The van der Waals surface area contributed by atoms with Crippen molar-refractivity contribution in [1.29, 1.82) is 5.41 Å². The number of carbonyl (C=O) groups excluding carboxylic acids is 1. The van der Waals surface area contributed by atoms with Crippen LogP contribution in [0.2, 0.25) is 0 Å². The molecule has 0 atom stereocenters. The van der Waals surface area contributed by atoms with E-state index in [9.17, 15) is 4.79 Å². The first-order chi connectivity index (χ1) is 16.5. The summed E-state index contributed by atoms with van der Waals surface area (Å²) in [5.74, 6) is 1.38. The SMILES string of the molecule is C=CCc1cc(C=C2C(=N)N3N=C(C)SC3=NC2=O)cc(OC)c1OCCOc1ccccc1. The van der Waals surface area contributed by atoms with Gasteiger partial charge in [0, 0.05) is 5.56 Å². The fourth-order valence-corrected chi connectivity index (χ4v) is 4.20. The predicted octanol–water partition coefficient (Wildman–Crippen LogP) is 4.52. The molecule has 0 unspecified atom stereocenters. The van der Waals surface area contributed by atoms with E-state index >= 15 is 0 Å². The molecule has 2 heterocycles. The first-order valence-corrected chi connectivity index (χ1v) is 11.4. The fourth-order valence-electron chi connectivity index (χ4n) is 3.46. The van der Waals surface area contributed by atoms with Crippen molar-refractivity contribution in [3.05, 3.63) is 71.8 Å². The van der Waals surface area contributed by atoms with Crippen LogP contribution in [0, 0.1) is 5.41 Å². The number of methoxy groups -OCH3 is 1. The molecule has 0 aliphatic carbocycles. The number of ether oxygens (including phenoxy) is 3. The second-order valence-electron chi connectivity index (χ2n) is 7.35. The van der Waals surface area contributed by atoms with Crippen molar-refractivity contribution in [2.24, 2.45) is 10.1 Å². The zero-order valence-corrected chi connectivity index (χ0v) is 19.7. The quantitative estimate of drug-likeness (QED) is 0.325. The van der Waals surface area contributed by atoms with Gasteiger partial charge in [0.2, 0.25) is 5.17 Å². The van der Waals surface area contributed by atoms with Gasteiger partial charge in [0.25, 0.3) is 5.91 Å². The van der Waals surface area contributed by atoms with Crippen molar-refractivity contribution in [3.8, 4) is 17.2 Å². The van der Waals surface area contributed by atoms with E-state index in [-0.39, 0.29) is 11.4 Å². The molecule has 1 N–H and O–H groups in total. The van der Waals surface area contributed by atoms with E-state index in [0.29, 0.717) is 41.9 Å². The first kappa shape index (κ1) is 23.3. The van der Waals surface area contributed by atoms with Crippen LogP contribution >= 0.6 is 11.8 Å². The third kappa shape index (κ3) is 5.04. The summed E-state index contributed by atoms with van der Waals surface area (Å²) < 4.78 is 17.3. The summed E-state index contributed by atoms with van der Waals surface area (Å²) in [5.41, 5.74) is 1.67. The number of hydrazone groups is 1. The number of nitrogens with one attached hydrogen (secondary N) is 1. The number of allylic oxidation sites excluding steroid dienone is 1. The van der Waals surface area contributed by atoms with E-state index in [1.807, 2.05) is 43.3 Å². The highest BCUT2D eigenvalue weighted by atomic mass is 32.2. The lowest BCUT2D eigenvalue weighted by Gasteiger charge is -2.20. The van der Waals surface area contributed by atoms with Crippen molar-refractivity contribution >= 4 is 39.8 Å². The number of hydrogen-bond donors (Lipinski definition) is 1. The zero-order chi connectivity index (χ0) is 24.1. The van der Waals surface area contributed by atoms with Crippen molar-refractivity contribution in [3.63, 3.8) is 0 Å². The molecule has 0 radical (unpaired) electrons. The fraction of sp³-hybridized carbons (Fsp3) is 0.200. The molecule has 9 heteroatoms. The van der Waals surface area contributed by atoms with Crippen molar-refractivity contribution in [2.75, 3.05) is 20.3 Å². The van der Waals surface area contributed by atoms with Crippen molar-refractivity contribution in [2.45, 2.75) is 13.3 Å². The average molecular weight is 477 g/mol. The Hall–Kier alpha value is -3.85. The number of hydrogen-bond acceptors (Lipinski definition) is 7. The molecule has 2 aliphatic rings. The highest BCUT2D eigenvalue weighted by Gasteiger charge is 2.34. The molecular weight excluding hydrogens is 452 g/mol. The van der Waals surface area contributed by atoms with E-state index < -0.39 is 5.91 Å². The smallest absolute Gasteiger partial charge is 0.283 e. The van der Waals surface area contributed by atoms with E-state index in [1.165, 1.54) is 16.8 Å². The number of amidine groups is 2. The molecule has 8 nitrogen and oxygen atoms in total. The van der Waals surface area contributed by atoms with E-state index in [0.717, 1.165) is 16.4 Å². The Bertz CT molecular complexity index is 1220. The molecule has 174 valence electrons. The number of para-hydroxylation sites is 1. The van der Waals surface area contributed by atoms with Gasteiger partial charge in [-0.3, -0.25) is 10.2 Å². The van der Waals surface area contributed by atoms with Gasteiger partial charge in [0.05, 0.1) is 17.7 Å². The summed E-state index contributed by atoms with van der Waals surface area (Å²) >= 11 is 1.27. The zero-order valence-electron chi connectivity index (χ0n) is 18.9. The molecule has 0 saturated heterocycles. The van der Waals surface area contributed by atoms with Crippen LogP contribution in [0.25, 0.3) is 6.08 Å². The van der Waals surface area contributed by atoms with Gasteiger partial charge in [0.15, 0.2) is 17.3 Å². The molecule has 0 aromatic heterocycles. The molecular formula is C25H24N4O4S. The monoisotopic (exact) mass is 476 g/mol. The number of thioether (sulfide) groups is 1. The maximum Gasteiger partial charge on any atom is 0.283 e. The number of nitrogens with zero attached hydrogens (tertiary/aromatic N) is 3. The second-order valence-corrected chi connectivity index (χ2v) is 8.51. The second kappa shape index (κ2) is 10.4. The standard InChI is InChI=1S/C25H24N4O4S/c1-4-8-18-13-17(14-20-23(26)29-25(27-24(20)30)34-16(2)28-29)15-21(31-3)22(18)33-12-11-32-19-9-6-5-7-10-19/h4-7,9-10,13-15,26H,1,8,11-12H2,2-3H3. The average Bonchev–Trinajstić information content (AvgIpc) is 3.21. The number of rotatable bonds is 9. The molecule has 2 aromatic rings. The molecule has 2 aromatic carbocycles. The van der Waals surface area contributed by atoms with E-state index in [4.69, 9.17) is 19.6 Å². The minimum Gasteiger partial charge on any atom is -0.493 e. The summed E-state index contributed by atoms with van der Waals surface area (Å²) in [6.45, 7) is 6.33. The minimum atomic E-state index is -0.476. The number of aliphatic imine (C=N–C) groups is 1. The van der Waals surface area contributed by atoms with Crippen LogP contribution in [0.1, 0.15) is 18.1 Å². The summed E-state index contributed by atoms with van der Waals surface area (Å²) in [4.78, 5) is 16.7. The van der Waals surface area contributed by atoms with Gasteiger partial charge < -0.3 is 14.2 Å². The lowest BCUT2D eigenvalue weighted by atomic mass is 10.0. The van der Waals surface area contributed by atoms with Gasteiger partial charge in [-0.25, -0.2) is 0 Å². The highest BCUT2D eigenvalue weighted by molar-refractivity contribution is 8.26. The maximum absolute atomic E-state index is 12.6. The molecule has 34 heavy (non-hydrogen) atoms. The Balaban J connectivity index is 1.57. The Kier molecular flexibility index (Phi) is 7.12.